The summed E-state index contributed by atoms with van der Waals surface area (Å²) in [5.74, 6) is -0.223. The summed E-state index contributed by atoms with van der Waals surface area (Å²) in [6.07, 6.45) is 0. The predicted molar refractivity (Wildman–Crippen MR) is 58.4 cm³/mol. The Kier molecular flexibility index (Phi) is 2.93. The van der Waals surface area contributed by atoms with Crippen LogP contribution >= 0.6 is 0 Å². The first-order valence-electron chi connectivity index (χ1n) is 4.61. The van der Waals surface area contributed by atoms with Crippen LogP contribution in [0.5, 0.6) is 0 Å². The van der Waals surface area contributed by atoms with Gasteiger partial charge in [-0.1, -0.05) is 39.5 Å². The Hall–Kier alpha value is -1.33. The minimum atomic E-state index is -0.223. The molecule has 74 valence electrons. The van der Waals surface area contributed by atoms with Crippen molar-refractivity contribution < 1.29 is 4.39 Å². The van der Waals surface area contributed by atoms with E-state index < -0.39 is 0 Å². The van der Waals surface area contributed by atoms with Crippen LogP contribution in [0, 0.1) is 11.2 Å². The normalized spacial score (nSPS) is 10.9. The average molecular weight is 190 g/mol. The van der Waals surface area contributed by atoms with Gasteiger partial charge in [-0.05, 0) is 23.1 Å². The molecule has 0 saturated heterocycles. The number of halogens is 1. The van der Waals surface area contributed by atoms with Crippen molar-refractivity contribution in [2.75, 3.05) is 0 Å². The van der Waals surface area contributed by atoms with Gasteiger partial charge in [0.2, 0.25) is 0 Å². The van der Waals surface area contributed by atoms with Gasteiger partial charge in [-0.3, -0.25) is 0 Å². The van der Waals surface area contributed by atoms with E-state index in [1.807, 2.05) is 6.07 Å². The van der Waals surface area contributed by atoms with Gasteiger partial charge in [0.1, 0.15) is 5.82 Å². The van der Waals surface area contributed by atoms with Crippen LogP contribution in [-0.4, -0.2) is 0 Å². The van der Waals surface area contributed by atoms with Crippen molar-refractivity contribution in [2.45, 2.75) is 20.8 Å². The highest BCUT2D eigenvalue weighted by atomic mass is 19.1. The maximum atomic E-state index is 13.0. The summed E-state index contributed by atoms with van der Waals surface area (Å²) in [4.78, 5) is 0. The van der Waals surface area contributed by atoms with Gasteiger partial charge in [0, 0.05) is 5.57 Å². The zero-order chi connectivity index (χ0) is 10.8. The highest BCUT2D eigenvalue weighted by Crippen LogP contribution is 2.32. The van der Waals surface area contributed by atoms with Gasteiger partial charge in [0.25, 0.3) is 0 Å². The molecule has 0 atom stereocenters. The van der Waals surface area contributed by atoms with Crippen LogP contribution in [0.3, 0.4) is 0 Å². The summed E-state index contributed by atoms with van der Waals surface area (Å²) < 4.78 is 13.0. The van der Waals surface area contributed by atoms with Crippen LogP contribution in [0.25, 0.3) is 5.57 Å². The Morgan fingerprint density at radius 1 is 1.36 bits per heavy atom. The van der Waals surface area contributed by atoms with E-state index in [-0.39, 0.29) is 11.2 Å². The SMILES string of the molecule is C=C=C(c1cccc(F)c1)C(C)(C)C. The molecule has 0 amide bonds. The van der Waals surface area contributed by atoms with Gasteiger partial charge in [0.05, 0.1) is 0 Å². The zero-order valence-corrected chi connectivity index (χ0v) is 8.89. The first-order chi connectivity index (χ1) is 6.45. The molecule has 0 spiro atoms. The van der Waals surface area contributed by atoms with Crippen LogP contribution < -0.4 is 0 Å². The third kappa shape index (κ3) is 2.34. The lowest BCUT2D eigenvalue weighted by molar-refractivity contribution is 0.566. The molecule has 1 rings (SSSR count). The molecule has 0 bridgehead atoms. The molecular weight excluding hydrogens is 175 g/mol. The van der Waals surface area contributed by atoms with E-state index in [0.717, 1.165) is 11.1 Å². The Labute approximate surface area is 84.8 Å². The van der Waals surface area contributed by atoms with E-state index in [1.165, 1.54) is 12.1 Å². The summed E-state index contributed by atoms with van der Waals surface area (Å²) in [5, 5.41) is 0. The van der Waals surface area contributed by atoms with Crippen molar-refractivity contribution in [3.05, 3.63) is 48.0 Å². The molecule has 0 aliphatic heterocycles. The fourth-order valence-electron chi connectivity index (χ4n) is 1.44. The average Bonchev–Trinajstić information content (AvgIpc) is 2.02. The van der Waals surface area contributed by atoms with E-state index in [9.17, 15) is 4.39 Å². The monoisotopic (exact) mass is 190 g/mol. The molecule has 0 fully saturated rings. The smallest absolute Gasteiger partial charge is 0.123 e. The molecule has 0 unspecified atom stereocenters. The second kappa shape index (κ2) is 3.81. The minimum absolute atomic E-state index is 0.0600. The standard InChI is InChI=1S/C13H15F/c1-5-12(13(2,3)4)10-7-6-8-11(14)9-10/h6-9H,1H2,2-4H3. The lowest BCUT2D eigenvalue weighted by atomic mass is 9.83. The number of hydrogen-bond donors (Lipinski definition) is 0. The van der Waals surface area contributed by atoms with Gasteiger partial charge in [0.15, 0.2) is 0 Å². The Morgan fingerprint density at radius 2 is 2.00 bits per heavy atom. The van der Waals surface area contributed by atoms with Gasteiger partial charge < -0.3 is 0 Å². The predicted octanol–water partition coefficient (Wildman–Crippen LogP) is 4.04. The van der Waals surface area contributed by atoms with Gasteiger partial charge in [-0.15, -0.1) is 5.73 Å². The summed E-state index contributed by atoms with van der Waals surface area (Å²) in [7, 11) is 0. The van der Waals surface area contributed by atoms with Gasteiger partial charge in [-0.2, -0.15) is 0 Å². The fourth-order valence-corrected chi connectivity index (χ4v) is 1.44. The Morgan fingerprint density at radius 3 is 2.43 bits per heavy atom. The van der Waals surface area contributed by atoms with Crippen LogP contribution in [0.4, 0.5) is 4.39 Å². The summed E-state index contributed by atoms with van der Waals surface area (Å²) in [5.41, 5.74) is 4.62. The molecule has 0 heterocycles. The lowest BCUT2D eigenvalue weighted by Crippen LogP contribution is -2.07. The van der Waals surface area contributed by atoms with Crippen molar-refractivity contribution in [1.82, 2.24) is 0 Å². The third-order valence-electron chi connectivity index (χ3n) is 2.04. The molecule has 1 aromatic rings. The van der Waals surface area contributed by atoms with Gasteiger partial charge in [-0.25, -0.2) is 4.39 Å². The Balaban J connectivity index is 3.23. The van der Waals surface area contributed by atoms with Crippen LogP contribution in [-0.2, 0) is 0 Å². The van der Waals surface area contributed by atoms with Crippen LogP contribution in [0.2, 0.25) is 0 Å². The minimum Gasteiger partial charge on any atom is -0.207 e. The molecule has 0 nitrogen and oxygen atoms in total. The fraction of sp³-hybridized carbons (Fsp3) is 0.308. The molecule has 0 radical (unpaired) electrons. The molecule has 0 aliphatic carbocycles. The molecule has 1 heteroatoms. The van der Waals surface area contributed by atoms with E-state index >= 15 is 0 Å². The van der Waals surface area contributed by atoms with Crippen molar-refractivity contribution in [3.63, 3.8) is 0 Å². The molecular formula is C13H15F. The summed E-state index contributed by atoms with van der Waals surface area (Å²) in [6.45, 7) is 9.83. The molecule has 0 aliphatic rings. The molecule has 0 aromatic heterocycles. The number of hydrogen-bond acceptors (Lipinski definition) is 0. The highest BCUT2D eigenvalue weighted by molar-refractivity contribution is 5.68. The number of rotatable bonds is 1. The first-order valence-corrected chi connectivity index (χ1v) is 4.61. The van der Waals surface area contributed by atoms with E-state index in [1.54, 1.807) is 6.07 Å². The van der Waals surface area contributed by atoms with E-state index in [0.29, 0.717) is 0 Å². The highest BCUT2D eigenvalue weighted by Gasteiger charge is 2.18. The largest absolute Gasteiger partial charge is 0.207 e. The Bertz CT molecular complexity index is 376. The quantitative estimate of drug-likeness (QED) is 0.586. The van der Waals surface area contributed by atoms with Gasteiger partial charge >= 0.3 is 0 Å². The molecule has 0 N–H and O–H groups in total. The van der Waals surface area contributed by atoms with E-state index in [2.05, 4.69) is 33.1 Å². The maximum absolute atomic E-state index is 13.0. The number of benzene rings is 1. The number of allylic oxidation sites excluding steroid dienone is 1. The van der Waals surface area contributed by atoms with Crippen LogP contribution in [0.1, 0.15) is 26.3 Å². The topological polar surface area (TPSA) is 0 Å². The van der Waals surface area contributed by atoms with Crippen molar-refractivity contribution in [3.8, 4) is 0 Å². The first kappa shape index (κ1) is 10.7. The third-order valence-corrected chi connectivity index (χ3v) is 2.04. The molecule has 0 saturated carbocycles. The van der Waals surface area contributed by atoms with Crippen molar-refractivity contribution >= 4 is 5.57 Å². The second-order valence-corrected chi connectivity index (χ2v) is 4.31. The summed E-state index contributed by atoms with van der Waals surface area (Å²) in [6, 6.07) is 6.53. The van der Waals surface area contributed by atoms with Crippen LogP contribution in [0.15, 0.2) is 36.6 Å². The summed E-state index contributed by atoms with van der Waals surface area (Å²) >= 11 is 0. The van der Waals surface area contributed by atoms with Crippen molar-refractivity contribution in [2.24, 2.45) is 5.41 Å². The second-order valence-electron chi connectivity index (χ2n) is 4.31. The maximum Gasteiger partial charge on any atom is 0.123 e. The van der Waals surface area contributed by atoms with E-state index in [4.69, 9.17) is 0 Å². The molecule has 1 aromatic carbocycles. The van der Waals surface area contributed by atoms with Crippen molar-refractivity contribution in [1.29, 1.82) is 0 Å². The lowest BCUT2D eigenvalue weighted by Gasteiger charge is -2.21. The zero-order valence-electron chi connectivity index (χ0n) is 8.89. The molecule has 14 heavy (non-hydrogen) atoms.